The number of benzene rings is 2. The fraction of sp³-hybridized carbons (Fsp3) is 0.0625. The smallest absolute Gasteiger partial charge is 0.146 e. The monoisotopic (exact) mass is 302 g/mol. The molecule has 0 saturated carbocycles. The number of nitrogens with zero attached hydrogens (tertiary/aromatic N) is 1. The van der Waals surface area contributed by atoms with Crippen LogP contribution in [0.4, 0.5) is 10.1 Å². The summed E-state index contributed by atoms with van der Waals surface area (Å²) in [5.41, 5.74) is 7.96. The number of halogens is 2. The maximum Gasteiger partial charge on any atom is 0.146 e. The summed E-state index contributed by atoms with van der Waals surface area (Å²) in [6.45, 7) is 0.231. The molecule has 3 nitrogen and oxygen atoms in total. The Morgan fingerprint density at radius 2 is 2.05 bits per heavy atom. The molecule has 0 radical (unpaired) electrons. The van der Waals surface area contributed by atoms with Crippen molar-refractivity contribution in [1.82, 2.24) is 4.98 Å². The zero-order chi connectivity index (χ0) is 14.8. The lowest BCUT2D eigenvalue weighted by molar-refractivity contribution is 0.309. The van der Waals surface area contributed by atoms with Crippen LogP contribution in [0.2, 0.25) is 5.02 Å². The Bertz CT molecular complexity index is 807. The molecule has 106 valence electrons. The number of anilines is 1. The molecule has 1 aromatic heterocycles. The van der Waals surface area contributed by atoms with Gasteiger partial charge in [-0.2, -0.15) is 0 Å². The maximum absolute atomic E-state index is 13.0. The molecule has 5 heteroatoms. The minimum Gasteiger partial charge on any atom is -0.487 e. The minimum absolute atomic E-state index is 0.231. The molecular weight excluding hydrogens is 291 g/mol. The van der Waals surface area contributed by atoms with Crippen molar-refractivity contribution in [2.75, 3.05) is 5.73 Å². The normalized spacial score (nSPS) is 10.8. The zero-order valence-electron chi connectivity index (χ0n) is 11.0. The van der Waals surface area contributed by atoms with Gasteiger partial charge in [0.05, 0.1) is 5.02 Å². The average Bonchev–Trinajstić information content (AvgIpc) is 2.48. The molecule has 0 atom stereocenters. The number of hydrogen-bond donors (Lipinski definition) is 1. The zero-order valence-corrected chi connectivity index (χ0v) is 11.8. The first-order valence-corrected chi connectivity index (χ1v) is 6.73. The molecule has 2 N–H and O–H groups in total. The van der Waals surface area contributed by atoms with Crippen LogP contribution in [0.1, 0.15) is 5.56 Å². The molecular formula is C16H12ClFN2O. The molecule has 0 aliphatic rings. The number of rotatable bonds is 3. The van der Waals surface area contributed by atoms with Crippen molar-refractivity contribution >= 4 is 28.2 Å². The van der Waals surface area contributed by atoms with Crippen LogP contribution < -0.4 is 10.5 Å². The predicted molar refractivity (Wildman–Crippen MR) is 81.9 cm³/mol. The first kappa shape index (κ1) is 13.6. The summed E-state index contributed by atoms with van der Waals surface area (Å²) in [6.07, 6.45) is 1.68. The van der Waals surface area contributed by atoms with Gasteiger partial charge < -0.3 is 10.5 Å². The Labute approximate surface area is 126 Å². The van der Waals surface area contributed by atoms with Crippen molar-refractivity contribution in [3.05, 3.63) is 65.1 Å². The van der Waals surface area contributed by atoms with Gasteiger partial charge in [-0.3, -0.25) is 4.98 Å². The topological polar surface area (TPSA) is 48.1 Å². The van der Waals surface area contributed by atoms with E-state index in [1.807, 2.05) is 12.1 Å². The second-order valence-corrected chi connectivity index (χ2v) is 4.98. The highest BCUT2D eigenvalue weighted by atomic mass is 35.5. The summed E-state index contributed by atoms with van der Waals surface area (Å²) in [6, 6.07) is 11.5. The third-order valence-corrected chi connectivity index (χ3v) is 3.52. The van der Waals surface area contributed by atoms with Gasteiger partial charge >= 0.3 is 0 Å². The van der Waals surface area contributed by atoms with E-state index in [0.717, 1.165) is 5.39 Å². The Kier molecular flexibility index (Phi) is 3.62. The van der Waals surface area contributed by atoms with Gasteiger partial charge in [0.2, 0.25) is 0 Å². The lowest BCUT2D eigenvalue weighted by Gasteiger charge is -2.11. The van der Waals surface area contributed by atoms with Crippen molar-refractivity contribution in [2.24, 2.45) is 0 Å². The molecule has 0 spiro atoms. The van der Waals surface area contributed by atoms with Crippen LogP contribution in [-0.2, 0) is 6.61 Å². The van der Waals surface area contributed by atoms with Gasteiger partial charge in [0, 0.05) is 22.8 Å². The molecule has 0 aliphatic heterocycles. The van der Waals surface area contributed by atoms with Gasteiger partial charge in [-0.05, 0) is 36.4 Å². The quantitative estimate of drug-likeness (QED) is 0.738. The first-order valence-electron chi connectivity index (χ1n) is 6.35. The Hall–Kier alpha value is -2.33. The van der Waals surface area contributed by atoms with Crippen molar-refractivity contribution in [3.8, 4) is 5.75 Å². The maximum atomic E-state index is 13.0. The summed E-state index contributed by atoms with van der Waals surface area (Å²) in [5.74, 6) is 0.239. The molecule has 0 amide bonds. The van der Waals surface area contributed by atoms with E-state index < -0.39 is 0 Å². The number of fused-ring (bicyclic) bond motifs is 1. The Morgan fingerprint density at radius 3 is 2.86 bits per heavy atom. The number of aromatic nitrogens is 1. The highest BCUT2D eigenvalue weighted by molar-refractivity contribution is 6.31. The van der Waals surface area contributed by atoms with E-state index in [9.17, 15) is 4.39 Å². The third-order valence-electron chi connectivity index (χ3n) is 3.16. The summed E-state index contributed by atoms with van der Waals surface area (Å²) < 4.78 is 18.8. The molecule has 3 rings (SSSR count). The molecule has 0 unspecified atom stereocenters. The summed E-state index contributed by atoms with van der Waals surface area (Å²) in [7, 11) is 0. The molecule has 0 saturated heterocycles. The van der Waals surface area contributed by atoms with Crippen molar-refractivity contribution in [3.63, 3.8) is 0 Å². The predicted octanol–water partition coefficient (Wildman–Crippen LogP) is 4.19. The molecule has 21 heavy (non-hydrogen) atoms. The average molecular weight is 303 g/mol. The van der Waals surface area contributed by atoms with Crippen LogP contribution in [0.25, 0.3) is 10.9 Å². The Balaban J connectivity index is 1.90. The lowest BCUT2D eigenvalue weighted by atomic mass is 10.1. The number of nitrogen functional groups attached to an aromatic ring is 1. The highest BCUT2D eigenvalue weighted by Gasteiger charge is 2.08. The van der Waals surface area contributed by atoms with Gasteiger partial charge in [-0.25, -0.2) is 4.39 Å². The second kappa shape index (κ2) is 5.58. The summed E-state index contributed by atoms with van der Waals surface area (Å²) in [5, 5.41) is 1.17. The first-order chi connectivity index (χ1) is 10.1. The fourth-order valence-electron chi connectivity index (χ4n) is 2.08. The van der Waals surface area contributed by atoms with Crippen LogP contribution in [0.3, 0.4) is 0 Å². The minimum atomic E-state index is -0.372. The number of nitrogens with two attached hydrogens (primary N) is 1. The Morgan fingerprint density at radius 1 is 1.19 bits per heavy atom. The standard InChI is InChI=1S/C16H12ClFN2O/c17-13-8-11(18)4-3-10(13)9-21-15-6-5-14(19)12-2-1-7-20-16(12)15/h1-8H,9,19H2. The number of hydrogen-bond acceptors (Lipinski definition) is 3. The molecule has 1 heterocycles. The van der Waals surface area contributed by atoms with Crippen LogP contribution in [0.15, 0.2) is 48.7 Å². The SMILES string of the molecule is Nc1ccc(OCc2ccc(F)cc2Cl)c2ncccc12. The van der Waals surface area contributed by atoms with E-state index in [1.165, 1.54) is 12.1 Å². The van der Waals surface area contributed by atoms with Crippen LogP contribution in [0, 0.1) is 5.82 Å². The van der Waals surface area contributed by atoms with E-state index in [-0.39, 0.29) is 12.4 Å². The van der Waals surface area contributed by atoms with Crippen molar-refractivity contribution in [2.45, 2.75) is 6.61 Å². The number of ether oxygens (including phenoxy) is 1. The highest BCUT2D eigenvalue weighted by Crippen LogP contribution is 2.29. The van der Waals surface area contributed by atoms with E-state index >= 15 is 0 Å². The third kappa shape index (κ3) is 2.76. The van der Waals surface area contributed by atoms with E-state index in [4.69, 9.17) is 22.1 Å². The molecule has 0 bridgehead atoms. The molecule has 0 aliphatic carbocycles. The van der Waals surface area contributed by atoms with Gasteiger partial charge in [0.1, 0.15) is 23.7 Å². The van der Waals surface area contributed by atoms with E-state index in [2.05, 4.69) is 4.98 Å². The molecule has 2 aromatic carbocycles. The summed E-state index contributed by atoms with van der Waals surface area (Å²) >= 11 is 5.98. The van der Waals surface area contributed by atoms with E-state index in [0.29, 0.717) is 27.5 Å². The van der Waals surface area contributed by atoms with E-state index in [1.54, 1.807) is 24.4 Å². The largest absolute Gasteiger partial charge is 0.487 e. The van der Waals surface area contributed by atoms with Gasteiger partial charge in [-0.15, -0.1) is 0 Å². The van der Waals surface area contributed by atoms with Gasteiger partial charge in [0.15, 0.2) is 0 Å². The fourth-order valence-corrected chi connectivity index (χ4v) is 2.30. The summed E-state index contributed by atoms with van der Waals surface area (Å²) in [4.78, 5) is 4.29. The lowest BCUT2D eigenvalue weighted by Crippen LogP contribution is -1.99. The van der Waals surface area contributed by atoms with Crippen LogP contribution in [-0.4, -0.2) is 4.98 Å². The van der Waals surface area contributed by atoms with Crippen LogP contribution in [0.5, 0.6) is 5.75 Å². The second-order valence-electron chi connectivity index (χ2n) is 4.58. The number of pyridine rings is 1. The van der Waals surface area contributed by atoms with Crippen LogP contribution >= 0.6 is 11.6 Å². The van der Waals surface area contributed by atoms with Crippen molar-refractivity contribution in [1.29, 1.82) is 0 Å². The van der Waals surface area contributed by atoms with Gasteiger partial charge in [0.25, 0.3) is 0 Å². The molecule has 0 fully saturated rings. The van der Waals surface area contributed by atoms with Gasteiger partial charge in [-0.1, -0.05) is 17.7 Å². The molecule has 3 aromatic rings. The van der Waals surface area contributed by atoms with Crippen molar-refractivity contribution < 1.29 is 9.13 Å².